The number of benzene rings is 2. The number of phenolic OH excluding ortho intramolecular Hbond substituents is 2. The van der Waals surface area contributed by atoms with Gasteiger partial charge in [-0.1, -0.05) is 18.2 Å². The molecule has 2 aromatic carbocycles. The van der Waals surface area contributed by atoms with Gasteiger partial charge in [-0.15, -0.1) is 0 Å². The summed E-state index contributed by atoms with van der Waals surface area (Å²) in [6.45, 7) is -4.54. The summed E-state index contributed by atoms with van der Waals surface area (Å²) in [5, 5.41) is 39.8. The first-order valence-electron chi connectivity index (χ1n) is 6.39. The summed E-state index contributed by atoms with van der Waals surface area (Å²) in [6.07, 6.45) is -0.348. The first-order chi connectivity index (χ1) is 10.6. The highest BCUT2D eigenvalue weighted by atomic mass is 32.7. The second-order valence-electron chi connectivity index (χ2n) is 4.89. The third-order valence-corrected chi connectivity index (χ3v) is 5.09. The average Bonchev–Trinajstić information content (AvgIpc) is 2.39. The number of phenols is 2. The molecule has 124 valence electrons. The van der Waals surface area contributed by atoms with Crippen LogP contribution in [0.25, 0.3) is 0 Å². The van der Waals surface area contributed by atoms with Crippen LogP contribution in [0.1, 0.15) is 11.1 Å². The van der Waals surface area contributed by atoms with Crippen LogP contribution in [0.15, 0.2) is 47.4 Å². The second-order valence-corrected chi connectivity index (χ2v) is 8.47. The molecule has 0 saturated heterocycles. The highest BCUT2D eigenvalue weighted by Gasteiger charge is 2.34. The van der Waals surface area contributed by atoms with Crippen LogP contribution in [0.2, 0.25) is 0 Å². The predicted molar refractivity (Wildman–Crippen MR) is 83.9 cm³/mol. The van der Waals surface area contributed by atoms with Gasteiger partial charge in [0.05, 0.1) is 5.56 Å². The van der Waals surface area contributed by atoms with Gasteiger partial charge in [0.25, 0.3) is 0 Å². The van der Waals surface area contributed by atoms with Crippen LogP contribution in [-0.2, 0) is 16.8 Å². The van der Waals surface area contributed by atoms with Crippen molar-refractivity contribution < 1.29 is 34.8 Å². The van der Waals surface area contributed by atoms with Crippen LogP contribution in [0, 0.1) is 0 Å². The van der Waals surface area contributed by atoms with Gasteiger partial charge in [-0.3, -0.25) is 0 Å². The Morgan fingerprint density at radius 1 is 1.00 bits per heavy atom. The Hall–Kier alpha value is -1.54. The summed E-state index contributed by atoms with van der Waals surface area (Å²) < 4.78 is 11.2. The molecule has 0 aliphatic heterocycles. The minimum absolute atomic E-state index is 0.00975. The number of hydrogen-bond acceptors (Lipinski definition) is 6. The van der Waals surface area contributed by atoms with Crippen LogP contribution in [0.4, 0.5) is 0 Å². The fourth-order valence-corrected chi connectivity index (χ4v) is 4.09. The summed E-state index contributed by atoms with van der Waals surface area (Å²) in [4.78, 5) is 18.0. The fourth-order valence-electron chi connectivity index (χ4n) is 2.11. The maximum Gasteiger partial charge on any atom is 0.388 e. The van der Waals surface area contributed by atoms with Crippen molar-refractivity contribution in [2.45, 2.75) is 17.1 Å². The Morgan fingerprint density at radius 2 is 1.61 bits per heavy atom. The number of hydrogen-bond donors (Lipinski definition) is 6. The van der Waals surface area contributed by atoms with Crippen molar-refractivity contribution in [2.24, 2.45) is 0 Å². The molecule has 0 heterocycles. The topological polar surface area (TPSA) is 138 Å². The summed E-state index contributed by atoms with van der Waals surface area (Å²) in [6, 6.07) is 9.46. The van der Waals surface area contributed by atoms with Crippen molar-refractivity contribution in [1.82, 2.24) is 0 Å². The molecule has 2 aromatic rings. The van der Waals surface area contributed by atoms with Gasteiger partial charge in [-0.2, -0.15) is 0 Å². The Balaban J connectivity index is 2.42. The normalized spacial score (nSPS) is 12.3. The molecule has 0 amide bonds. The van der Waals surface area contributed by atoms with E-state index in [1.807, 2.05) is 0 Å². The molecule has 0 fully saturated rings. The third-order valence-electron chi connectivity index (χ3n) is 3.01. The number of aliphatic hydroxyl groups is 2. The van der Waals surface area contributed by atoms with E-state index in [9.17, 15) is 25.0 Å². The van der Waals surface area contributed by atoms with Gasteiger partial charge < -0.3 is 30.2 Å². The molecule has 0 aliphatic rings. The molecule has 9 heteroatoms. The average molecular weight is 358 g/mol. The molecule has 23 heavy (non-hydrogen) atoms. The zero-order chi connectivity index (χ0) is 17.3. The van der Waals surface area contributed by atoms with E-state index < -0.39 is 18.3 Å². The third kappa shape index (κ3) is 4.71. The molecular formula is C14H15O7PS. The van der Waals surface area contributed by atoms with E-state index in [0.29, 0.717) is 5.56 Å². The van der Waals surface area contributed by atoms with Crippen molar-refractivity contribution in [3.63, 3.8) is 0 Å². The van der Waals surface area contributed by atoms with Crippen molar-refractivity contribution in [3.05, 3.63) is 53.6 Å². The number of rotatable bonds is 5. The molecule has 0 unspecified atom stereocenters. The number of aromatic hydroxyl groups is 2. The molecule has 2 rings (SSSR count). The molecule has 0 aliphatic carbocycles. The lowest BCUT2D eigenvalue weighted by atomic mass is 9.97. The van der Waals surface area contributed by atoms with E-state index in [-0.39, 0.29) is 34.0 Å². The van der Waals surface area contributed by atoms with Crippen LogP contribution < -0.4 is 0 Å². The van der Waals surface area contributed by atoms with Gasteiger partial charge in [-0.05, 0) is 41.2 Å². The second kappa shape index (κ2) is 6.52. The van der Waals surface area contributed by atoms with E-state index in [2.05, 4.69) is 0 Å². The maximum absolute atomic E-state index is 11.2. The lowest BCUT2D eigenvalue weighted by Gasteiger charge is -2.25. The molecule has 0 spiro atoms. The monoisotopic (exact) mass is 358 g/mol. The summed E-state index contributed by atoms with van der Waals surface area (Å²) in [5.41, 5.74) is 0.0598. The highest BCUT2D eigenvalue weighted by Crippen LogP contribution is 2.57. The Kier molecular flexibility index (Phi) is 5.05. The molecule has 7 nitrogen and oxygen atoms in total. The van der Waals surface area contributed by atoms with Gasteiger partial charge in [0, 0.05) is 11.3 Å². The molecular weight excluding hydrogens is 343 g/mol. The lowest BCUT2D eigenvalue weighted by molar-refractivity contribution is -0.170. The van der Waals surface area contributed by atoms with Gasteiger partial charge in [0.15, 0.2) is 5.79 Å². The smallest absolute Gasteiger partial charge is 0.388 e. The Bertz CT molecular complexity index is 739. The Labute approximate surface area is 135 Å². The molecule has 0 radical (unpaired) electrons. The largest absolute Gasteiger partial charge is 0.508 e. The van der Waals surface area contributed by atoms with E-state index in [4.69, 9.17) is 9.79 Å². The van der Waals surface area contributed by atoms with E-state index >= 15 is 0 Å². The molecule has 0 bridgehead atoms. The molecule has 0 saturated carbocycles. The zero-order valence-corrected chi connectivity index (χ0v) is 13.4. The quantitative estimate of drug-likeness (QED) is 0.350. The first kappa shape index (κ1) is 17.8. The predicted octanol–water partition coefficient (Wildman–Crippen LogP) is 1.66. The minimum atomic E-state index is -4.54. The highest BCUT2D eigenvalue weighted by molar-refractivity contribution is 8.54. The molecule has 0 aromatic heterocycles. The Morgan fingerprint density at radius 3 is 2.17 bits per heavy atom. The van der Waals surface area contributed by atoms with Crippen LogP contribution in [0.5, 0.6) is 11.5 Å². The summed E-state index contributed by atoms with van der Waals surface area (Å²) in [7, 11) is 0. The lowest BCUT2D eigenvalue weighted by Crippen LogP contribution is -2.28. The van der Waals surface area contributed by atoms with Crippen molar-refractivity contribution in [2.75, 3.05) is 0 Å². The van der Waals surface area contributed by atoms with Gasteiger partial charge in [0.1, 0.15) is 11.5 Å². The van der Waals surface area contributed by atoms with Crippen molar-refractivity contribution >= 4 is 18.2 Å². The summed E-state index contributed by atoms with van der Waals surface area (Å²) >= 11 is 0.128. The van der Waals surface area contributed by atoms with E-state index in [1.54, 1.807) is 0 Å². The van der Waals surface area contributed by atoms with Gasteiger partial charge in [0.2, 0.25) is 0 Å². The molecule has 6 N–H and O–H groups in total. The summed E-state index contributed by atoms with van der Waals surface area (Å²) in [5.74, 6) is -3.04. The van der Waals surface area contributed by atoms with Crippen LogP contribution in [-0.4, -0.2) is 30.2 Å². The minimum Gasteiger partial charge on any atom is -0.508 e. The fraction of sp³-hybridized carbons (Fsp3) is 0.143. The van der Waals surface area contributed by atoms with Gasteiger partial charge in [-0.25, -0.2) is 4.57 Å². The zero-order valence-electron chi connectivity index (χ0n) is 11.7. The van der Waals surface area contributed by atoms with Crippen molar-refractivity contribution in [1.29, 1.82) is 0 Å². The first-order valence-corrected chi connectivity index (χ1v) is 9.42. The van der Waals surface area contributed by atoms with E-state index in [0.717, 1.165) is 0 Å². The van der Waals surface area contributed by atoms with Crippen molar-refractivity contribution in [3.8, 4) is 11.5 Å². The SMILES string of the molecule is O=P(O)(O)Sc1cccc(O)c1C(O)(O)Cc1ccc(O)cc1. The van der Waals surface area contributed by atoms with Crippen LogP contribution in [0.3, 0.4) is 0 Å². The molecule has 0 atom stereocenters. The standard InChI is InChI=1S/C14H15O7PS/c15-10-6-4-9(5-7-10)8-14(17,18)13-11(16)2-1-3-12(13)23-22(19,20)21/h1-7,15-18H,8H2,(H2,19,20,21). The maximum atomic E-state index is 11.2. The van der Waals surface area contributed by atoms with Gasteiger partial charge >= 0.3 is 6.80 Å². The van der Waals surface area contributed by atoms with E-state index in [1.165, 1.54) is 42.5 Å². The van der Waals surface area contributed by atoms with Crippen LogP contribution >= 0.6 is 18.2 Å².